The molecule has 0 amide bonds. The molecule has 1 aromatic heterocycles. The van der Waals surface area contributed by atoms with E-state index >= 15 is 0 Å². The van der Waals surface area contributed by atoms with E-state index in [-0.39, 0.29) is 5.82 Å². The van der Waals surface area contributed by atoms with Crippen LogP contribution in [0.5, 0.6) is 0 Å². The van der Waals surface area contributed by atoms with Gasteiger partial charge in [0.05, 0.1) is 5.52 Å². The Hall–Kier alpha value is -1.07. The number of nitrogens with one attached hydrogen (secondary N) is 1. The molecule has 1 atom stereocenters. The normalized spacial score (nSPS) is 20.4. The van der Waals surface area contributed by atoms with Gasteiger partial charge in [-0.25, -0.2) is 9.37 Å². The van der Waals surface area contributed by atoms with Crippen molar-refractivity contribution in [2.24, 2.45) is 7.05 Å². The fraction of sp³-hybridized carbons (Fsp3) is 0.462. The molecule has 3 rings (SSSR count). The molecule has 3 nitrogen and oxygen atoms in total. The van der Waals surface area contributed by atoms with Gasteiger partial charge < -0.3 is 9.88 Å². The second kappa shape index (κ2) is 4.90. The van der Waals surface area contributed by atoms with E-state index in [0.717, 1.165) is 30.1 Å². The van der Waals surface area contributed by atoms with Crippen LogP contribution in [0.25, 0.3) is 11.0 Å². The van der Waals surface area contributed by atoms with Crippen LogP contribution in [-0.4, -0.2) is 33.6 Å². The number of hydrogen-bond donors (Lipinski definition) is 1. The zero-order valence-corrected chi connectivity index (χ0v) is 11.1. The quantitative estimate of drug-likeness (QED) is 0.900. The van der Waals surface area contributed by atoms with E-state index in [1.165, 1.54) is 11.8 Å². The van der Waals surface area contributed by atoms with Crippen molar-refractivity contribution in [2.45, 2.75) is 12.5 Å². The molecule has 0 aliphatic carbocycles. The van der Waals surface area contributed by atoms with Crippen molar-refractivity contribution in [2.75, 3.05) is 18.1 Å². The molecule has 1 fully saturated rings. The molecule has 1 N–H and O–H groups in total. The topological polar surface area (TPSA) is 29.9 Å². The number of fused-ring (bicyclic) bond motifs is 1. The summed E-state index contributed by atoms with van der Waals surface area (Å²) in [6.45, 7) is 1.05. The van der Waals surface area contributed by atoms with E-state index in [4.69, 9.17) is 0 Å². The fourth-order valence-electron chi connectivity index (χ4n) is 2.38. The Kier molecular flexibility index (Phi) is 3.26. The largest absolute Gasteiger partial charge is 0.331 e. The maximum atomic E-state index is 13.7. The Balaban J connectivity index is 1.92. The van der Waals surface area contributed by atoms with Crippen molar-refractivity contribution >= 4 is 22.8 Å². The Bertz CT molecular complexity index is 561. The number of benzene rings is 1. The second-order valence-corrected chi connectivity index (χ2v) is 5.77. The van der Waals surface area contributed by atoms with E-state index in [2.05, 4.69) is 10.3 Å². The minimum atomic E-state index is -0.236. The standard InChI is InChI=1S/C13H16FN3S/c1-17-11-4-2-3-10(14)13(11)16-12(17)7-9-8-18-6-5-15-9/h2-4,9,15H,5-8H2,1H3. The molecule has 0 saturated carbocycles. The van der Waals surface area contributed by atoms with Crippen LogP contribution in [0.3, 0.4) is 0 Å². The minimum Gasteiger partial charge on any atom is -0.331 e. The third-order valence-corrected chi connectivity index (χ3v) is 4.51. The molecular formula is C13H16FN3S. The molecule has 0 bridgehead atoms. The number of nitrogens with zero attached hydrogens (tertiary/aromatic N) is 2. The molecule has 96 valence electrons. The molecule has 0 spiro atoms. The van der Waals surface area contributed by atoms with Gasteiger partial charge in [0, 0.05) is 37.6 Å². The summed E-state index contributed by atoms with van der Waals surface area (Å²) in [4.78, 5) is 4.44. The van der Waals surface area contributed by atoms with Gasteiger partial charge in [0.1, 0.15) is 11.3 Å². The fourth-order valence-corrected chi connectivity index (χ4v) is 3.33. The summed E-state index contributed by atoms with van der Waals surface area (Å²) in [5.41, 5.74) is 1.35. The highest BCUT2D eigenvalue weighted by Crippen LogP contribution is 2.20. The predicted octanol–water partition coefficient (Wildman–Crippen LogP) is 1.96. The lowest BCUT2D eigenvalue weighted by Gasteiger charge is -2.22. The molecule has 2 heterocycles. The maximum Gasteiger partial charge on any atom is 0.151 e. The Morgan fingerprint density at radius 3 is 3.17 bits per heavy atom. The van der Waals surface area contributed by atoms with Crippen molar-refractivity contribution in [1.82, 2.24) is 14.9 Å². The molecule has 1 aliphatic rings. The first-order valence-electron chi connectivity index (χ1n) is 6.16. The van der Waals surface area contributed by atoms with Crippen LogP contribution in [0.4, 0.5) is 4.39 Å². The lowest BCUT2D eigenvalue weighted by atomic mass is 10.2. The van der Waals surface area contributed by atoms with Gasteiger partial charge in [-0.3, -0.25) is 0 Å². The van der Waals surface area contributed by atoms with Gasteiger partial charge in [-0.15, -0.1) is 0 Å². The minimum absolute atomic E-state index is 0.236. The molecule has 18 heavy (non-hydrogen) atoms. The summed E-state index contributed by atoms with van der Waals surface area (Å²) in [5, 5.41) is 3.49. The van der Waals surface area contributed by atoms with Gasteiger partial charge >= 0.3 is 0 Å². The average Bonchev–Trinajstić information content (AvgIpc) is 2.70. The Morgan fingerprint density at radius 1 is 1.56 bits per heavy atom. The number of aromatic nitrogens is 2. The van der Waals surface area contributed by atoms with Crippen LogP contribution in [0.1, 0.15) is 5.82 Å². The van der Waals surface area contributed by atoms with E-state index < -0.39 is 0 Å². The van der Waals surface area contributed by atoms with E-state index in [9.17, 15) is 4.39 Å². The van der Waals surface area contributed by atoms with Crippen molar-refractivity contribution in [1.29, 1.82) is 0 Å². The van der Waals surface area contributed by atoms with Crippen molar-refractivity contribution < 1.29 is 4.39 Å². The first-order chi connectivity index (χ1) is 8.75. The number of rotatable bonds is 2. The van der Waals surface area contributed by atoms with Gasteiger partial charge in [-0.2, -0.15) is 11.8 Å². The highest BCUT2D eigenvalue weighted by molar-refractivity contribution is 7.99. The van der Waals surface area contributed by atoms with Crippen molar-refractivity contribution in [3.63, 3.8) is 0 Å². The van der Waals surface area contributed by atoms with Gasteiger partial charge in [0.15, 0.2) is 5.82 Å². The first-order valence-corrected chi connectivity index (χ1v) is 7.32. The third kappa shape index (κ3) is 2.12. The van der Waals surface area contributed by atoms with Gasteiger partial charge in [0.2, 0.25) is 0 Å². The number of imidazole rings is 1. The van der Waals surface area contributed by atoms with Crippen LogP contribution >= 0.6 is 11.8 Å². The van der Waals surface area contributed by atoms with Crippen LogP contribution < -0.4 is 5.32 Å². The smallest absolute Gasteiger partial charge is 0.151 e. The van der Waals surface area contributed by atoms with E-state index in [0.29, 0.717) is 11.6 Å². The van der Waals surface area contributed by atoms with Crippen LogP contribution in [0.15, 0.2) is 18.2 Å². The molecule has 1 aliphatic heterocycles. The summed E-state index contributed by atoms with van der Waals surface area (Å²) in [6, 6.07) is 5.56. The monoisotopic (exact) mass is 265 g/mol. The molecule has 0 radical (unpaired) electrons. The van der Waals surface area contributed by atoms with Crippen LogP contribution in [0.2, 0.25) is 0 Å². The number of halogens is 1. The van der Waals surface area contributed by atoms with Crippen LogP contribution in [-0.2, 0) is 13.5 Å². The predicted molar refractivity (Wildman–Crippen MR) is 73.5 cm³/mol. The zero-order valence-electron chi connectivity index (χ0n) is 10.3. The lowest BCUT2D eigenvalue weighted by molar-refractivity contribution is 0.543. The maximum absolute atomic E-state index is 13.7. The molecule has 1 saturated heterocycles. The summed E-state index contributed by atoms with van der Waals surface area (Å²) in [5.74, 6) is 3.00. The molecule has 5 heteroatoms. The second-order valence-electron chi connectivity index (χ2n) is 4.62. The number of thioether (sulfide) groups is 1. The summed E-state index contributed by atoms with van der Waals surface area (Å²) in [7, 11) is 1.96. The van der Waals surface area contributed by atoms with E-state index in [1.54, 1.807) is 6.07 Å². The average molecular weight is 265 g/mol. The lowest BCUT2D eigenvalue weighted by Crippen LogP contribution is -2.39. The van der Waals surface area contributed by atoms with E-state index in [1.807, 2.05) is 29.4 Å². The van der Waals surface area contributed by atoms with Gasteiger partial charge in [0.25, 0.3) is 0 Å². The number of para-hydroxylation sites is 1. The number of aryl methyl sites for hydroxylation is 1. The summed E-state index contributed by atoms with van der Waals surface area (Å²) in [6.07, 6.45) is 0.859. The summed E-state index contributed by atoms with van der Waals surface area (Å²) >= 11 is 1.96. The summed E-state index contributed by atoms with van der Waals surface area (Å²) < 4.78 is 15.7. The Labute approximate surface area is 110 Å². The third-order valence-electron chi connectivity index (χ3n) is 3.38. The van der Waals surface area contributed by atoms with Gasteiger partial charge in [-0.1, -0.05) is 6.07 Å². The Morgan fingerprint density at radius 2 is 2.44 bits per heavy atom. The first kappa shape index (κ1) is 12.0. The highest BCUT2D eigenvalue weighted by Gasteiger charge is 2.18. The molecule has 1 unspecified atom stereocenters. The molecule has 2 aromatic rings. The highest BCUT2D eigenvalue weighted by atomic mass is 32.2. The van der Waals surface area contributed by atoms with Crippen molar-refractivity contribution in [3.8, 4) is 0 Å². The molecular weight excluding hydrogens is 249 g/mol. The molecule has 1 aromatic carbocycles. The SMILES string of the molecule is Cn1c(CC2CSCCN2)nc2c(F)cccc21. The number of hydrogen-bond acceptors (Lipinski definition) is 3. The van der Waals surface area contributed by atoms with Gasteiger partial charge in [-0.05, 0) is 12.1 Å². The zero-order chi connectivity index (χ0) is 12.5. The van der Waals surface area contributed by atoms with Crippen molar-refractivity contribution in [3.05, 3.63) is 29.8 Å². The van der Waals surface area contributed by atoms with Crippen LogP contribution in [0, 0.1) is 5.82 Å².